The topological polar surface area (TPSA) is 85.5 Å². The van der Waals surface area contributed by atoms with Gasteiger partial charge in [0.05, 0.1) is 18.1 Å². The van der Waals surface area contributed by atoms with Crippen molar-refractivity contribution < 1.29 is 22.1 Å². The van der Waals surface area contributed by atoms with Gasteiger partial charge in [0.25, 0.3) is 5.89 Å². The number of sulfonamides is 1. The minimum Gasteiger partial charge on any atom is -0.379 e. The van der Waals surface area contributed by atoms with Gasteiger partial charge in [-0.3, -0.25) is 0 Å². The molecule has 2 aromatic carbocycles. The second-order valence-electron chi connectivity index (χ2n) is 5.97. The van der Waals surface area contributed by atoms with E-state index in [-0.39, 0.29) is 10.8 Å². The van der Waals surface area contributed by atoms with Gasteiger partial charge < -0.3 is 9.26 Å². The highest BCUT2D eigenvalue weighted by atomic mass is 32.2. The number of ether oxygens (including phenoxy) is 1. The highest BCUT2D eigenvalue weighted by Crippen LogP contribution is 2.25. The first kappa shape index (κ1) is 17.8. The lowest BCUT2D eigenvalue weighted by Gasteiger charge is -2.26. The van der Waals surface area contributed by atoms with E-state index in [0.717, 1.165) is 0 Å². The minimum absolute atomic E-state index is 0.189. The van der Waals surface area contributed by atoms with Crippen LogP contribution < -0.4 is 0 Å². The summed E-state index contributed by atoms with van der Waals surface area (Å²) in [7, 11) is -3.56. The molecular formula is C18H16FN3O4S. The van der Waals surface area contributed by atoms with Crippen molar-refractivity contribution in [3.63, 3.8) is 0 Å². The first-order chi connectivity index (χ1) is 13.0. The zero-order valence-electron chi connectivity index (χ0n) is 14.2. The molecule has 0 aliphatic carbocycles. The maximum Gasteiger partial charge on any atom is 0.258 e. The van der Waals surface area contributed by atoms with Crippen molar-refractivity contribution in [3.05, 3.63) is 54.3 Å². The number of morpholine rings is 1. The second kappa shape index (κ2) is 7.18. The lowest BCUT2D eigenvalue weighted by molar-refractivity contribution is 0.0730. The van der Waals surface area contributed by atoms with E-state index in [2.05, 4.69) is 10.1 Å². The van der Waals surface area contributed by atoms with E-state index in [1.165, 1.54) is 28.6 Å². The summed E-state index contributed by atoms with van der Waals surface area (Å²) in [5.74, 6) is 0.0871. The number of nitrogens with zero attached hydrogens (tertiary/aromatic N) is 3. The average molecular weight is 389 g/mol. The summed E-state index contributed by atoms with van der Waals surface area (Å²) in [6.45, 7) is 1.46. The second-order valence-corrected chi connectivity index (χ2v) is 7.91. The summed E-state index contributed by atoms with van der Waals surface area (Å²) in [5.41, 5.74) is 1.07. The van der Waals surface area contributed by atoms with E-state index in [1.54, 1.807) is 24.3 Å². The number of hydrogen-bond donors (Lipinski definition) is 0. The Hall–Kier alpha value is -2.62. The molecule has 7 nitrogen and oxygen atoms in total. The third-order valence-electron chi connectivity index (χ3n) is 4.22. The van der Waals surface area contributed by atoms with Crippen molar-refractivity contribution in [1.29, 1.82) is 0 Å². The Morgan fingerprint density at radius 1 is 1.00 bits per heavy atom. The van der Waals surface area contributed by atoms with Crippen LogP contribution >= 0.6 is 0 Å². The minimum atomic E-state index is -3.56. The predicted molar refractivity (Wildman–Crippen MR) is 94.7 cm³/mol. The van der Waals surface area contributed by atoms with Crippen molar-refractivity contribution >= 4 is 10.0 Å². The fourth-order valence-corrected chi connectivity index (χ4v) is 4.20. The molecule has 1 aliphatic heterocycles. The van der Waals surface area contributed by atoms with Gasteiger partial charge in [0, 0.05) is 24.2 Å². The van der Waals surface area contributed by atoms with Crippen LogP contribution in [0.5, 0.6) is 0 Å². The first-order valence-corrected chi connectivity index (χ1v) is 9.76. The average Bonchev–Trinajstić information content (AvgIpc) is 3.19. The molecule has 0 bridgehead atoms. The molecule has 0 amide bonds. The molecule has 0 unspecified atom stereocenters. The van der Waals surface area contributed by atoms with E-state index in [4.69, 9.17) is 9.26 Å². The van der Waals surface area contributed by atoms with Crippen LogP contribution in [0.25, 0.3) is 22.8 Å². The fourth-order valence-electron chi connectivity index (χ4n) is 2.79. The quantitative estimate of drug-likeness (QED) is 0.682. The Labute approximate surface area is 155 Å². The Morgan fingerprint density at radius 2 is 1.74 bits per heavy atom. The lowest BCUT2D eigenvalue weighted by atomic mass is 10.2. The summed E-state index contributed by atoms with van der Waals surface area (Å²) in [5, 5.41) is 3.89. The molecule has 9 heteroatoms. The lowest BCUT2D eigenvalue weighted by Crippen LogP contribution is -2.40. The van der Waals surface area contributed by atoms with E-state index >= 15 is 0 Å². The zero-order valence-corrected chi connectivity index (χ0v) is 15.0. The van der Waals surface area contributed by atoms with Crippen LogP contribution in [0.3, 0.4) is 0 Å². The van der Waals surface area contributed by atoms with Gasteiger partial charge in [-0.1, -0.05) is 11.2 Å². The molecule has 140 valence electrons. The summed E-state index contributed by atoms with van der Waals surface area (Å²) in [4.78, 5) is 4.45. The van der Waals surface area contributed by atoms with Gasteiger partial charge in [-0.2, -0.15) is 9.29 Å². The molecule has 1 aromatic heterocycles. The van der Waals surface area contributed by atoms with Crippen LogP contribution in [0.15, 0.2) is 57.9 Å². The highest BCUT2D eigenvalue weighted by molar-refractivity contribution is 7.89. The van der Waals surface area contributed by atoms with Crippen molar-refractivity contribution in [1.82, 2.24) is 14.4 Å². The van der Waals surface area contributed by atoms with Crippen molar-refractivity contribution in [2.24, 2.45) is 0 Å². The molecule has 0 atom stereocenters. The number of rotatable bonds is 4. The first-order valence-electron chi connectivity index (χ1n) is 8.32. The third-order valence-corrected chi connectivity index (χ3v) is 6.13. The normalized spacial score (nSPS) is 15.7. The molecule has 1 saturated heterocycles. The molecule has 0 N–H and O–H groups in total. The van der Waals surface area contributed by atoms with E-state index < -0.39 is 15.8 Å². The molecule has 27 heavy (non-hydrogen) atoms. The molecule has 1 aliphatic rings. The highest BCUT2D eigenvalue weighted by Gasteiger charge is 2.26. The number of aromatic nitrogens is 2. The molecule has 0 spiro atoms. The number of hydrogen-bond acceptors (Lipinski definition) is 6. The number of benzene rings is 2. The monoisotopic (exact) mass is 389 g/mol. The van der Waals surface area contributed by atoms with E-state index in [9.17, 15) is 12.8 Å². The predicted octanol–water partition coefficient (Wildman–Crippen LogP) is 2.56. The number of halogens is 1. The Morgan fingerprint density at radius 3 is 2.44 bits per heavy atom. The molecule has 4 rings (SSSR count). The molecular weight excluding hydrogens is 373 g/mol. The van der Waals surface area contributed by atoms with Gasteiger partial charge in [-0.05, 0) is 42.5 Å². The summed E-state index contributed by atoms with van der Waals surface area (Å²) in [6.07, 6.45) is 0. The molecule has 3 aromatic rings. The van der Waals surface area contributed by atoms with Gasteiger partial charge in [-0.25, -0.2) is 12.8 Å². The fraction of sp³-hybridized carbons (Fsp3) is 0.222. The molecule has 0 radical (unpaired) electrons. The van der Waals surface area contributed by atoms with Gasteiger partial charge in [0.1, 0.15) is 5.82 Å². The van der Waals surface area contributed by atoms with E-state index in [1.807, 2.05) is 0 Å². The SMILES string of the molecule is O=S(=O)(c1ccc(-c2noc(-c3cccc(F)c3)n2)cc1)N1CCOCC1. The molecule has 1 fully saturated rings. The van der Waals surface area contributed by atoms with Crippen LogP contribution in [0.2, 0.25) is 0 Å². The smallest absolute Gasteiger partial charge is 0.258 e. The van der Waals surface area contributed by atoms with E-state index in [0.29, 0.717) is 43.3 Å². The molecule has 0 saturated carbocycles. The summed E-state index contributed by atoms with van der Waals surface area (Å²) >= 11 is 0. The summed E-state index contributed by atoms with van der Waals surface area (Å²) < 4.78 is 50.4. The van der Waals surface area contributed by atoms with Crippen molar-refractivity contribution in [2.45, 2.75) is 4.90 Å². The largest absolute Gasteiger partial charge is 0.379 e. The molecule has 2 heterocycles. The maximum atomic E-state index is 13.3. The van der Waals surface area contributed by atoms with Crippen molar-refractivity contribution in [2.75, 3.05) is 26.3 Å². The van der Waals surface area contributed by atoms with Crippen LogP contribution in [-0.2, 0) is 14.8 Å². The Kier molecular flexibility index (Phi) is 4.73. The van der Waals surface area contributed by atoms with Gasteiger partial charge in [0.15, 0.2) is 0 Å². The standard InChI is InChI=1S/C18H16FN3O4S/c19-15-3-1-2-14(12-15)18-20-17(21-26-18)13-4-6-16(7-5-13)27(23,24)22-8-10-25-11-9-22/h1-7,12H,8-11H2. The third kappa shape index (κ3) is 3.61. The summed E-state index contributed by atoms with van der Waals surface area (Å²) in [6, 6.07) is 12.1. The maximum absolute atomic E-state index is 13.3. The van der Waals surface area contributed by atoms with Gasteiger partial charge in [-0.15, -0.1) is 0 Å². The van der Waals surface area contributed by atoms with Crippen LogP contribution in [0.4, 0.5) is 4.39 Å². The Balaban J connectivity index is 1.58. The zero-order chi connectivity index (χ0) is 18.9. The van der Waals surface area contributed by atoms with Gasteiger partial charge in [0.2, 0.25) is 15.8 Å². The van der Waals surface area contributed by atoms with Crippen LogP contribution in [0, 0.1) is 5.82 Å². The van der Waals surface area contributed by atoms with Crippen LogP contribution in [-0.4, -0.2) is 49.2 Å². The van der Waals surface area contributed by atoms with Crippen molar-refractivity contribution in [3.8, 4) is 22.8 Å². The van der Waals surface area contributed by atoms with Gasteiger partial charge >= 0.3 is 0 Å². The Bertz CT molecular complexity index is 1040. The van der Waals surface area contributed by atoms with Crippen LogP contribution in [0.1, 0.15) is 0 Å².